The third-order valence-electron chi connectivity index (χ3n) is 5.84. The van der Waals surface area contributed by atoms with Gasteiger partial charge >= 0.3 is 0 Å². The Morgan fingerprint density at radius 2 is 1.35 bits per heavy atom. The predicted octanol–water partition coefficient (Wildman–Crippen LogP) is 7.44. The van der Waals surface area contributed by atoms with E-state index in [1.54, 1.807) is 30.4 Å². The lowest BCUT2D eigenvalue weighted by molar-refractivity contribution is 0.104. The van der Waals surface area contributed by atoms with Gasteiger partial charge in [-0.25, -0.2) is 0 Å². The number of rotatable bonds is 8. The first-order valence-electron chi connectivity index (χ1n) is 12.0. The van der Waals surface area contributed by atoms with Gasteiger partial charge in [0, 0.05) is 6.07 Å². The highest BCUT2D eigenvalue weighted by atomic mass is 16.5. The summed E-state index contributed by atoms with van der Waals surface area (Å²) < 4.78 is 12.1. The molecular formula is C33H24O4. The Balaban J connectivity index is 1.54. The lowest BCUT2D eigenvalue weighted by Crippen LogP contribution is -2.16. The number of benzene rings is 4. The van der Waals surface area contributed by atoms with Crippen LogP contribution < -0.4 is 10.2 Å². The summed E-state index contributed by atoms with van der Waals surface area (Å²) in [5, 5.41) is 0.320. The smallest absolute Gasteiger partial charge is 0.204 e. The maximum absolute atomic E-state index is 13.5. The van der Waals surface area contributed by atoms with Crippen molar-refractivity contribution >= 4 is 35.0 Å². The Morgan fingerprint density at radius 1 is 0.730 bits per heavy atom. The summed E-state index contributed by atoms with van der Waals surface area (Å²) in [5.41, 5.74) is 2.77. The summed E-state index contributed by atoms with van der Waals surface area (Å²) in [6.07, 6.45) is 6.58. The Bertz CT molecular complexity index is 1630. The molecular weight excluding hydrogens is 460 g/mol. The molecule has 4 nitrogen and oxygen atoms in total. The first-order chi connectivity index (χ1) is 18.2. The van der Waals surface area contributed by atoms with E-state index in [-0.39, 0.29) is 16.8 Å². The molecule has 0 spiro atoms. The van der Waals surface area contributed by atoms with Crippen molar-refractivity contribution < 1.29 is 13.9 Å². The number of hydrogen-bond acceptors (Lipinski definition) is 4. The zero-order valence-electron chi connectivity index (χ0n) is 20.0. The highest BCUT2D eigenvalue weighted by Gasteiger charge is 2.18. The fraction of sp³-hybridized carbons (Fsp3) is 0.0303. The van der Waals surface area contributed by atoms with Crippen molar-refractivity contribution in [1.29, 1.82) is 0 Å². The minimum absolute atomic E-state index is 0.00943. The van der Waals surface area contributed by atoms with Crippen LogP contribution in [0.2, 0.25) is 0 Å². The third-order valence-corrected chi connectivity index (χ3v) is 5.84. The minimum atomic E-state index is -0.420. The maximum atomic E-state index is 13.5. The summed E-state index contributed by atoms with van der Waals surface area (Å²) >= 11 is 0. The van der Waals surface area contributed by atoms with E-state index in [1.807, 2.05) is 97.1 Å². The lowest BCUT2D eigenvalue weighted by atomic mass is 10.0. The monoisotopic (exact) mass is 484 g/mol. The van der Waals surface area contributed by atoms with E-state index >= 15 is 0 Å². The van der Waals surface area contributed by atoms with Gasteiger partial charge in [-0.3, -0.25) is 9.59 Å². The summed E-state index contributed by atoms with van der Waals surface area (Å²) in [7, 11) is 0. The van der Waals surface area contributed by atoms with Gasteiger partial charge in [0.1, 0.15) is 29.3 Å². The van der Waals surface area contributed by atoms with Gasteiger partial charge in [-0.15, -0.1) is 0 Å². The van der Waals surface area contributed by atoms with Crippen LogP contribution in [-0.2, 0) is 6.61 Å². The van der Waals surface area contributed by atoms with Gasteiger partial charge in [0.15, 0.2) is 5.78 Å². The second-order valence-electron chi connectivity index (χ2n) is 8.45. The summed E-state index contributed by atoms with van der Waals surface area (Å²) in [4.78, 5) is 26.8. The van der Waals surface area contributed by atoms with Crippen molar-refractivity contribution in [1.82, 2.24) is 0 Å². The van der Waals surface area contributed by atoms with Crippen LogP contribution >= 0.6 is 0 Å². The van der Waals surface area contributed by atoms with E-state index < -0.39 is 5.78 Å². The van der Waals surface area contributed by atoms with Crippen molar-refractivity contribution in [2.75, 3.05) is 0 Å². The first-order valence-corrected chi connectivity index (χ1v) is 12.0. The fourth-order valence-corrected chi connectivity index (χ4v) is 3.93. The molecule has 4 aromatic carbocycles. The van der Waals surface area contributed by atoms with E-state index in [0.29, 0.717) is 23.3 Å². The molecule has 0 radical (unpaired) electrons. The average molecular weight is 485 g/mol. The second-order valence-corrected chi connectivity index (χ2v) is 8.45. The lowest BCUT2D eigenvalue weighted by Gasteiger charge is -2.09. The van der Waals surface area contributed by atoms with Crippen LogP contribution in [-0.4, -0.2) is 5.78 Å². The summed E-state index contributed by atoms with van der Waals surface area (Å²) in [5.74, 6) is 0.349. The zero-order valence-corrected chi connectivity index (χ0v) is 20.0. The van der Waals surface area contributed by atoms with Crippen LogP contribution in [0.15, 0.2) is 124 Å². The standard InChI is InChI=1S/C33H24O4/c34-29(20-16-24-10-4-1-5-11-24)32-30(21-17-25-12-6-2-7-13-25)37-31-22-27(18-19-28(31)33(32)35)36-23-26-14-8-3-9-15-26/h1-22H,23H2/b20-16+,21-17+. The van der Waals surface area contributed by atoms with Gasteiger partial charge in [0.05, 0.1) is 5.39 Å². The van der Waals surface area contributed by atoms with Crippen molar-refractivity contribution in [2.24, 2.45) is 0 Å². The molecule has 1 heterocycles. The quantitative estimate of drug-likeness (QED) is 0.170. The molecule has 0 bridgehead atoms. The number of fused-ring (bicyclic) bond motifs is 1. The highest BCUT2D eigenvalue weighted by molar-refractivity contribution is 6.10. The number of allylic oxidation sites excluding steroid dienone is 1. The molecule has 0 unspecified atom stereocenters. The molecule has 0 aliphatic heterocycles. The molecule has 0 aliphatic rings. The van der Waals surface area contributed by atoms with Crippen molar-refractivity contribution in [3.8, 4) is 5.75 Å². The van der Waals surface area contributed by atoms with Crippen LogP contribution in [0.1, 0.15) is 32.8 Å². The van der Waals surface area contributed by atoms with Gasteiger partial charge in [-0.1, -0.05) is 103 Å². The SMILES string of the molecule is O=C(/C=C/c1ccccc1)c1c(/C=C/c2ccccc2)oc2cc(OCc3ccccc3)ccc2c1=O. The number of ketones is 1. The second kappa shape index (κ2) is 11.2. The topological polar surface area (TPSA) is 56.5 Å². The molecule has 0 saturated heterocycles. The van der Waals surface area contributed by atoms with Gasteiger partial charge in [0.25, 0.3) is 0 Å². The van der Waals surface area contributed by atoms with Crippen LogP contribution in [0, 0.1) is 0 Å². The number of carbonyl (C=O) groups excluding carboxylic acids is 1. The van der Waals surface area contributed by atoms with Gasteiger partial charge in [-0.05, 0) is 41.0 Å². The molecule has 0 fully saturated rings. The molecule has 1 aromatic heterocycles. The highest BCUT2D eigenvalue weighted by Crippen LogP contribution is 2.24. The molecule has 0 atom stereocenters. The average Bonchev–Trinajstić information content (AvgIpc) is 2.95. The Morgan fingerprint density at radius 3 is 2.03 bits per heavy atom. The van der Waals surface area contributed by atoms with E-state index in [4.69, 9.17) is 9.15 Å². The maximum Gasteiger partial charge on any atom is 0.204 e. The van der Waals surface area contributed by atoms with Crippen LogP contribution in [0.25, 0.3) is 29.2 Å². The minimum Gasteiger partial charge on any atom is -0.489 e. The molecule has 4 heteroatoms. The fourth-order valence-electron chi connectivity index (χ4n) is 3.93. The Kier molecular flexibility index (Phi) is 7.19. The Labute approximate surface area is 214 Å². The van der Waals surface area contributed by atoms with E-state index in [1.165, 1.54) is 6.08 Å². The van der Waals surface area contributed by atoms with Gasteiger partial charge in [0.2, 0.25) is 5.43 Å². The zero-order chi connectivity index (χ0) is 25.5. The van der Waals surface area contributed by atoms with Crippen molar-refractivity contribution in [3.05, 3.63) is 154 Å². The molecule has 37 heavy (non-hydrogen) atoms. The number of hydrogen-bond donors (Lipinski definition) is 0. The molecule has 5 rings (SSSR count). The van der Waals surface area contributed by atoms with Crippen molar-refractivity contribution in [2.45, 2.75) is 6.61 Å². The molecule has 5 aromatic rings. The number of carbonyl (C=O) groups is 1. The third kappa shape index (κ3) is 5.82. The van der Waals surface area contributed by atoms with E-state index in [2.05, 4.69) is 0 Å². The summed E-state index contributed by atoms with van der Waals surface area (Å²) in [6.45, 7) is 0.387. The van der Waals surface area contributed by atoms with Crippen LogP contribution in [0.4, 0.5) is 0 Å². The molecule has 0 amide bonds. The van der Waals surface area contributed by atoms with E-state index in [9.17, 15) is 9.59 Å². The summed E-state index contributed by atoms with van der Waals surface area (Å²) in [6, 6.07) is 34.0. The van der Waals surface area contributed by atoms with Gasteiger partial charge < -0.3 is 9.15 Å². The normalized spacial score (nSPS) is 11.4. The molecule has 0 saturated carbocycles. The van der Waals surface area contributed by atoms with Crippen molar-refractivity contribution in [3.63, 3.8) is 0 Å². The molecule has 0 aliphatic carbocycles. The van der Waals surface area contributed by atoms with Crippen LogP contribution in [0.3, 0.4) is 0 Å². The van der Waals surface area contributed by atoms with E-state index in [0.717, 1.165) is 16.7 Å². The van der Waals surface area contributed by atoms with Crippen LogP contribution in [0.5, 0.6) is 5.75 Å². The number of ether oxygens (including phenoxy) is 1. The predicted molar refractivity (Wildman–Crippen MR) is 148 cm³/mol. The van der Waals surface area contributed by atoms with Gasteiger partial charge in [-0.2, -0.15) is 0 Å². The Hall–Kier alpha value is -4.96. The molecule has 0 N–H and O–H groups in total. The first kappa shape index (κ1) is 23.8. The molecule has 180 valence electrons. The largest absolute Gasteiger partial charge is 0.489 e.